The van der Waals surface area contributed by atoms with Crippen LogP contribution in [-0.2, 0) is 14.3 Å². The molecule has 0 aliphatic rings. The number of esters is 2. The van der Waals surface area contributed by atoms with Gasteiger partial charge >= 0.3 is 11.9 Å². The molecule has 0 saturated heterocycles. The Morgan fingerprint density at radius 3 is 2.47 bits per heavy atom. The molecule has 30 heavy (non-hydrogen) atoms. The molecule has 0 N–H and O–H groups in total. The lowest BCUT2D eigenvalue weighted by molar-refractivity contribution is -0.138. The summed E-state index contributed by atoms with van der Waals surface area (Å²) < 4.78 is 20.5. The van der Waals surface area contributed by atoms with Crippen molar-refractivity contribution < 1.29 is 28.5 Å². The van der Waals surface area contributed by atoms with E-state index in [0.717, 1.165) is 5.56 Å². The molecule has 0 aromatic heterocycles. The molecule has 2 rings (SSSR count). The van der Waals surface area contributed by atoms with Gasteiger partial charge in [-0.25, -0.2) is 9.59 Å². The van der Waals surface area contributed by atoms with E-state index in [1.165, 1.54) is 19.3 Å². The summed E-state index contributed by atoms with van der Waals surface area (Å²) in [5, 5.41) is 9.12. The quantitative estimate of drug-likeness (QED) is 0.284. The molecule has 0 aliphatic carbocycles. The number of methoxy groups -OCH3 is 2. The topological polar surface area (TPSA) is 94.9 Å². The van der Waals surface area contributed by atoms with Crippen LogP contribution in [0.4, 0.5) is 0 Å². The van der Waals surface area contributed by atoms with Crippen LogP contribution in [0.15, 0.2) is 54.1 Å². The highest BCUT2D eigenvalue weighted by atomic mass is 16.5. The normalized spacial score (nSPS) is 10.9. The van der Waals surface area contributed by atoms with Gasteiger partial charge in [0.05, 0.1) is 20.8 Å². The summed E-state index contributed by atoms with van der Waals surface area (Å²) in [7, 11) is 3.07. The van der Waals surface area contributed by atoms with Crippen molar-refractivity contribution in [3.63, 3.8) is 0 Å². The average Bonchev–Trinajstić information content (AvgIpc) is 2.76. The first-order chi connectivity index (χ1) is 14.5. The predicted octanol–water partition coefficient (Wildman–Crippen LogP) is 3.79. The Bertz CT molecular complexity index is 1020. The number of rotatable bonds is 8. The van der Waals surface area contributed by atoms with Crippen molar-refractivity contribution in [3.05, 3.63) is 65.2 Å². The summed E-state index contributed by atoms with van der Waals surface area (Å²) in [5.41, 5.74) is 1.11. The minimum Gasteiger partial charge on any atom is -0.493 e. The van der Waals surface area contributed by atoms with Crippen molar-refractivity contribution in [1.29, 1.82) is 5.26 Å². The number of ether oxygens (including phenoxy) is 4. The third kappa shape index (κ3) is 6.24. The van der Waals surface area contributed by atoms with Gasteiger partial charge < -0.3 is 18.9 Å². The Morgan fingerprint density at radius 2 is 1.80 bits per heavy atom. The van der Waals surface area contributed by atoms with Crippen LogP contribution in [0.25, 0.3) is 12.2 Å². The molecule has 2 aromatic carbocycles. The van der Waals surface area contributed by atoms with Crippen LogP contribution in [0.3, 0.4) is 0 Å². The number of nitrogens with zero attached hydrogens (tertiary/aromatic N) is 1. The van der Waals surface area contributed by atoms with E-state index in [-0.39, 0.29) is 17.9 Å². The molecule has 0 fully saturated rings. The maximum atomic E-state index is 12.1. The van der Waals surface area contributed by atoms with Gasteiger partial charge in [-0.2, -0.15) is 5.26 Å². The molecule has 154 valence electrons. The Kier molecular flexibility index (Phi) is 8.21. The fraction of sp³-hybridized carbons (Fsp3) is 0.174. The van der Waals surface area contributed by atoms with Gasteiger partial charge in [0.25, 0.3) is 0 Å². The monoisotopic (exact) mass is 407 g/mol. The summed E-state index contributed by atoms with van der Waals surface area (Å²) in [6, 6.07) is 13.5. The zero-order chi connectivity index (χ0) is 21.9. The lowest BCUT2D eigenvalue weighted by Crippen LogP contribution is -2.06. The molecule has 0 aliphatic heterocycles. The van der Waals surface area contributed by atoms with Crippen LogP contribution in [0.2, 0.25) is 0 Å². The maximum absolute atomic E-state index is 12.1. The zero-order valence-electron chi connectivity index (χ0n) is 16.9. The highest BCUT2D eigenvalue weighted by Gasteiger charge is 2.10. The smallest absolute Gasteiger partial charge is 0.348 e. The van der Waals surface area contributed by atoms with E-state index in [9.17, 15) is 9.59 Å². The number of hydrogen-bond acceptors (Lipinski definition) is 7. The van der Waals surface area contributed by atoms with Gasteiger partial charge in [0, 0.05) is 6.08 Å². The number of carbonyl (C=O) groups excluding carboxylic acids is 2. The minimum atomic E-state index is -0.708. The molecule has 2 aromatic rings. The Labute approximate surface area is 174 Å². The van der Waals surface area contributed by atoms with E-state index < -0.39 is 11.9 Å². The highest BCUT2D eigenvalue weighted by molar-refractivity contribution is 5.98. The number of nitriles is 1. The van der Waals surface area contributed by atoms with E-state index in [1.807, 2.05) is 0 Å². The molecule has 7 heteroatoms. The Hall–Kier alpha value is -4.05. The van der Waals surface area contributed by atoms with Crippen molar-refractivity contribution >= 4 is 24.1 Å². The lowest BCUT2D eigenvalue weighted by Gasteiger charge is -2.07. The first kappa shape index (κ1) is 22.2. The summed E-state index contributed by atoms with van der Waals surface area (Å²) in [4.78, 5) is 23.9. The van der Waals surface area contributed by atoms with Crippen LogP contribution in [0.5, 0.6) is 17.2 Å². The van der Waals surface area contributed by atoms with Gasteiger partial charge in [-0.3, -0.25) is 0 Å². The molecule has 0 radical (unpaired) electrons. The summed E-state index contributed by atoms with van der Waals surface area (Å²) in [5.74, 6) is 0.105. The first-order valence-corrected chi connectivity index (χ1v) is 9.01. The Balaban J connectivity index is 2.11. The van der Waals surface area contributed by atoms with E-state index in [0.29, 0.717) is 17.1 Å². The average molecular weight is 407 g/mol. The van der Waals surface area contributed by atoms with Gasteiger partial charge in [-0.1, -0.05) is 18.2 Å². The van der Waals surface area contributed by atoms with Crippen molar-refractivity contribution in [3.8, 4) is 23.3 Å². The maximum Gasteiger partial charge on any atom is 0.348 e. The van der Waals surface area contributed by atoms with Crippen LogP contribution in [0.1, 0.15) is 18.1 Å². The van der Waals surface area contributed by atoms with Crippen LogP contribution >= 0.6 is 0 Å². The van der Waals surface area contributed by atoms with E-state index in [2.05, 4.69) is 0 Å². The Morgan fingerprint density at radius 1 is 1.03 bits per heavy atom. The molecule has 0 amide bonds. The molecule has 7 nitrogen and oxygen atoms in total. The molecule has 0 bridgehead atoms. The molecule has 0 saturated carbocycles. The van der Waals surface area contributed by atoms with Crippen LogP contribution in [-0.4, -0.2) is 32.8 Å². The van der Waals surface area contributed by atoms with Gasteiger partial charge in [0.1, 0.15) is 17.4 Å². The molecular weight excluding hydrogens is 386 g/mol. The number of benzene rings is 2. The first-order valence-electron chi connectivity index (χ1n) is 9.01. The van der Waals surface area contributed by atoms with Gasteiger partial charge in [-0.15, -0.1) is 0 Å². The van der Waals surface area contributed by atoms with E-state index >= 15 is 0 Å². The largest absolute Gasteiger partial charge is 0.493 e. The van der Waals surface area contributed by atoms with Crippen molar-refractivity contribution in [2.24, 2.45) is 0 Å². The minimum absolute atomic E-state index is 0.145. The van der Waals surface area contributed by atoms with Gasteiger partial charge in [-0.05, 0) is 54.5 Å². The van der Waals surface area contributed by atoms with E-state index in [1.54, 1.807) is 68.6 Å². The second-order valence-electron chi connectivity index (χ2n) is 5.83. The van der Waals surface area contributed by atoms with E-state index in [4.69, 9.17) is 24.2 Å². The second-order valence-corrected chi connectivity index (χ2v) is 5.83. The highest BCUT2D eigenvalue weighted by Crippen LogP contribution is 2.28. The standard InChI is InChI=1S/C23H21NO6/c1-4-29-23(26)18(15-24)12-17-6-5-7-19(13-17)30-22(25)11-9-16-8-10-20(27-2)21(14-16)28-3/h5-14H,4H2,1-3H3/b11-9+,18-12+. The summed E-state index contributed by atoms with van der Waals surface area (Å²) >= 11 is 0. The van der Waals surface area contributed by atoms with Crippen molar-refractivity contribution in [1.82, 2.24) is 0 Å². The van der Waals surface area contributed by atoms with Gasteiger partial charge in [0.15, 0.2) is 11.5 Å². The molecule has 0 unspecified atom stereocenters. The second kappa shape index (κ2) is 11.1. The van der Waals surface area contributed by atoms with Crippen molar-refractivity contribution in [2.45, 2.75) is 6.92 Å². The molecule has 0 atom stereocenters. The fourth-order valence-corrected chi connectivity index (χ4v) is 2.45. The van der Waals surface area contributed by atoms with Crippen LogP contribution < -0.4 is 14.2 Å². The van der Waals surface area contributed by atoms with Crippen LogP contribution in [0, 0.1) is 11.3 Å². The number of hydrogen-bond donors (Lipinski definition) is 0. The summed E-state index contributed by atoms with van der Waals surface area (Å²) in [6.45, 7) is 1.82. The fourth-order valence-electron chi connectivity index (χ4n) is 2.45. The molecular formula is C23H21NO6. The van der Waals surface area contributed by atoms with Gasteiger partial charge in [0.2, 0.25) is 0 Å². The van der Waals surface area contributed by atoms with Crippen molar-refractivity contribution in [2.75, 3.05) is 20.8 Å². The SMILES string of the molecule is CCOC(=O)/C(C#N)=C/c1cccc(OC(=O)/C=C/c2ccc(OC)c(OC)c2)c1. The molecule has 0 spiro atoms. The lowest BCUT2D eigenvalue weighted by atomic mass is 10.1. The predicted molar refractivity (Wildman–Crippen MR) is 111 cm³/mol. The zero-order valence-corrected chi connectivity index (χ0v) is 16.9. The molecule has 0 heterocycles. The number of carbonyl (C=O) groups is 2. The summed E-state index contributed by atoms with van der Waals surface area (Å²) in [6.07, 6.45) is 4.24. The third-order valence-corrected chi connectivity index (χ3v) is 3.82. The third-order valence-electron chi connectivity index (χ3n) is 3.82.